The van der Waals surface area contributed by atoms with Gasteiger partial charge in [0.1, 0.15) is 0 Å². The molecular formula is C15H22O3S. The Morgan fingerprint density at radius 2 is 2.21 bits per heavy atom. The Morgan fingerprint density at radius 3 is 2.89 bits per heavy atom. The molecule has 2 aliphatic heterocycles. The molecule has 0 saturated carbocycles. The van der Waals surface area contributed by atoms with Crippen LogP contribution in [-0.4, -0.2) is 28.8 Å². The van der Waals surface area contributed by atoms with Gasteiger partial charge in [-0.15, -0.1) is 0 Å². The van der Waals surface area contributed by atoms with Crippen LogP contribution in [0, 0.1) is 5.92 Å². The highest BCUT2D eigenvalue weighted by Crippen LogP contribution is 2.45. The van der Waals surface area contributed by atoms with Gasteiger partial charge in [-0.2, -0.15) is 11.8 Å². The van der Waals surface area contributed by atoms with Crippen LogP contribution in [0.2, 0.25) is 0 Å². The number of furan rings is 1. The molecule has 0 aliphatic carbocycles. The summed E-state index contributed by atoms with van der Waals surface area (Å²) >= 11 is 2.01. The van der Waals surface area contributed by atoms with E-state index in [1.54, 1.807) is 12.5 Å². The first-order valence-electron chi connectivity index (χ1n) is 7.09. The molecule has 1 aromatic rings. The van der Waals surface area contributed by atoms with E-state index in [1.165, 1.54) is 11.5 Å². The molecule has 0 amide bonds. The van der Waals surface area contributed by atoms with Gasteiger partial charge in [0.15, 0.2) is 0 Å². The van der Waals surface area contributed by atoms with Crippen molar-refractivity contribution in [3.8, 4) is 0 Å². The number of rotatable bonds is 2. The van der Waals surface area contributed by atoms with Crippen molar-refractivity contribution in [2.24, 2.45) is 5.92 Å². The second kappa shape index (κ2) is 5.15. The Bertz CT molecular complexity index is 402. The lowest BCUT2D eigenvalue weighted by atomic mass is 9.72. The molecule has 1 spiro atoms. The Labute approximate surface area is 118 Å². The third-order valence-corrected chi connectivity index (χ3v) is 5.78. The summed E-state index contributed by atoms with van der Waals surface area (Å²) < 4.78 is 11.2. The first kappa shape index (κ1) is 13.5. The number of hydrogen-bond acceptors (Lipinski definition) is 4. The number of ether oxygens (including phenoxy) is 1. The summed E-state index contributed by atoms with van der Waals surface area (Å²) in [6.45, 7) is 2.68. The van der Waals surface area contributed by atoms with Crippen molar-refractivity contribution in [2.45, 2.75) is 43.8 Å². The van der Waals surface area contributed by atoms with Gasteiger partial charge in [-0.25, -0.2) is 0 Å². The van der Waals surface area contributed by atoms with Crippen LogP contribution in [-0.2, 0) is 10.3 Å². The van der Waals surface area contributed by atoms with Crippen molar-refractivity contribution in [2.75, 3.05) is 18.1 Å². The molecule has 2 saturated heterocycles. The summed E-state index contributed by atoms with van der Waals surface area (Å²) in [5, 5.41) is 10.9. The van der Waals surface area contributed by atoms with Gasteiger partial charge in [-0.05, 0) is 56.1 Å². The van der Waals surface area contributed by atoms with E-state index in [1.807, 2.05) is 24.8 Å². The normalized spacial score (nSPS) is 30.1. The summed E-state index contributed by atoms with van der Waals surface area (Å²) in [4.78, 5) is 0. The molecule has 19 heavy (non-hydrogen) atoms. The Hall–Kier alpha value is -0.450. The first-order chi connectivity index (χ1) is 9.12. The van der Waals surface area contributed by atoms with E-state index < -0.39 is 5.60 Å². The number of hydrogen-bond donors (Lipinski definition) is 1. The van der Waals surface area contributed by atoms with Crippen molar-refractivity contribution in [1.29, 1.82) is 0 Å². The number of thioether (sulfide) groups is 1. The minimum absolute atomic E-state index is 0.0158. The average Bonchev–Trinajstić information content (AvgIpc) is 2.94. The Kier molecular flexibility index (Phi) is 3.67. The molecule has 2 atom stereocenters. The van der Waals surface area contributed by atoms with E-state index in [0.717, 1.165) is 37.9 Å². The Balaban J connectivity index is 1.77. The first-order valence-corrected chi connectivity index (χ1v) is 8.25. The van der Waals surface area contributed by atoms with Gasteiger partial charge in [0.25, 0.3) is 0 Å². The molecule has 1 N–H and O–H groups in total. The van der Waals surface area contributed by atoms with E-state index in [-0.39, 0.29) is 11.5 Å². The van der Waals surface area contributed by atoms with Crippen LogP contribution in [0.5, 0.6) is 0 Å². The maximum atomic E-state index is 10.9. The highest BCUT2D eigenvalue weighted by atomic mass is 32.2. The smallest absolute Gasteiger partial charge is 0.0963 e. The third kappa shape index (κ3) is 2.58. The predicted octanol–water partition coefficient (Wildman–Crippen LogP) is 3.18. The summed E-state index contributed by atoms with van der Waals surface area (Å²) in [6, 6.07) is 1.87. The largest absolute Gasteiger partial charge is 0.472 e. The van der Waals surface area contributed by atoms with Crippen molar-refractivity contribution in [3.05, 3.63) is 24.2 Å². The molecule has 1 aromatic heterocycles. The zero-order valence-electron chi connectivity index (χ0n) is 11.4. The van der Waals surface area contributed by atoms with Crippen LogP contribution in [0.4, 0.5) is 0 Å². The molecule has 3 nitrogen and oxygen atoms in total. The third-order valence-electron chi connectivity index (χ3n) is 4.80. The fourth-order valence-electron chi connectivity index (χ4n) is 3.39. The molecule has 0 bridgehead atoms. The second-order valence-electron chi connectivity index (χ2n) is 5.99. The predicted molar refractivity (Wildman–Crippen MR) is 76.2 cm³/mol. The topological polar surface area (TPSA) is 42.6 Å². The molecule has 2 unspecified atom stereocenters. The van der Waals surface area contributed by atoms with Gasteiger partial charge in [0, 0.05) is 12.2 Å². The second-order valence-corrected chi connectivity index (χ2v) is 7.22. The lowest BCUT2D eigenvalue weighted by molar-refractivity contribution is -0.144. The van der Waals surface area contributed by atoms with Crippen LogP contribution in [0.25, 0.3) is 0 Å². The van der Waals surface area contributed by atoms with Gasteiger partial charge in [-0.3, -0.25) is 0 Å². The van der Waals surface area contributed by atoms with E-state index >= 15 is 0 Å². The zero-order chi connectivity index (χ0) is 13.3. The quantitative estimate of drug-likeness (QED) is 0.904. The lowest BCUT2D eigenvalue weighted by Gasteiger charge is -2.47. The molecule has 3 heterocycles. The maximum absolute atomic E-state index is 10.9. The van der Waals surface area contributed by atoms with Crippen molar-refractivity contribution in [3.63, 3.8) is 0 Å². The van der Waals surface area contributed by atoms with Crippen molar-refractivity contribution in [1.82, 2.24) is 0 Å². The summed E-state index contributed by atoms with van der Waals surface area (Å²) in [5.74, 6) is 2.61. The average molecular weight is 282 g/mol. The van der Waals surface area contributed by atoms with E-state index in [4.69, 9.17) is 9.15 Å². The highest BCUT2D eigenvalue weighted by molar-refractivity contribution is 7.99. The minimum atomic E-state index is -0.811. The van der Waals surface area contributed by atoms with E-state index in [2.05, 4.69) is 0 Å². The van der Waals surface area contributed by atoms with E-state index in [9.17, 15) is 5.11 Å². The van der Waals surface area contributed by atoms with Gasteiger partial charge in [-0.1, -0.05) is 0 Å². The minimum Gasteiger partial charge on any atom is -0.472 e. The molecule has 2 aliphatic rings. The van der Waals surface area contributed by atoms with Gasteiger partial charge >= 0.3 is 0 Å². The lowest BCUT2D eigenvalue weighted by Crippen LogP contribution is -2.47. The maximum Gasteiger partial charge on any atom is 0.0963 e. The Morgan fingerprint density at radius 1 is 1.42 bits per heavy atom. The number of aliphatic hydroxyl groups is 1. The molecule has 0 aromatic carbocycles. The van der Waals surface area contributed by atoms with Crippen LogP contribution >= 0.6 is 11.8 Å². The van der Waals surface area contributed by atoms with Crippen molar-refractivity contribution < 1.29 is 14.3 Å². The van der Waals surface area contributed by atoms with Crippen LogP contribution < -0.4 is 0 Å². The van der Waals surface area contributed by atoms with Gasteiger partial charge < -0.3 is 14.3 Å². The van der Waals surface area contributed by atoms with Crippen molar-refractivity contribution >= 4 is 11.8 Å². The monoisotopic (exact) mass is 282 g/mol. The van der Waals surface area contributed by atoms with E-state index in [0.29, 0.717) is 0 Å². The van der Waals surface area contributed by atoms with Gasteiger partial charge in [0.05, 0.1) is 23.7 Å². The molecule has 106 valence electrons. The standard InChI is InChI=1S/C15H22O3S/c1-14(16,13-2-6-17-11-13)12-3-7-18-15(10-12)4-8-19-9-5-15/h2,6,11-12,16H,3-5,7-10H2,1H3. The van der Waals surface area contributed by atoms with Crippen LogP contribution in [0.3, 0.4) is 0 Å². The van der Waals surface area contributed by atoms with Crippen LogP contribution in [0.1, 0.15) is 38.2 Å². The SMILES string of the molecule is CC(O)(c1ccoc1)C1CCOC2(CCSCC2)C1. The molecule has 2 fully saturated rings. The van der Waals surface area contributed by atoms with Crippen LogP contribution in [0.15, 0.2) is 23.0 Å². The zero-order valence-corrected chi connectivity index (χ0v) is 12.2. The highest BCUT2D eigenvalue weighted by Gasteiger charge is 2.45. The molecular weight excluding hydrogens is 260 g/mol. The summed E-state index contributed by atoms with van der Waals surface area (Å²) in [5.41, 5.74) is 0.0933. The summed E-state index contributed by atoms with van der Waals surface area (Å²) in [7, 11) is 0. The fraction of sp³-hybridized carbons (Fsp3) is 0.733. The van der Waals surface area contributed by atoms with Gasteiger partial charge in [0.2, 0.25) is 0 Å². The fourth-order valence-corrected chi connectivity index (χ4v) is 4.62. The molecule has 3 rings (SSSR count). The molecule has 0 radical (unpaired) electrons. The summed E-state index contributed by atoms with van der Waals surface area (Å²) in [6.07, 6.45) is 7.43. The molecule has 4 heteroatoms.